The van der Waals surface area contributed by atoms with E-state index in [0.29, 0.717) is 10.9 Å². The number of hydrogen-bond acceptors (Lipinski definition) is 2. The number of nitrogens with zero attached hydrogens (tertiary/aromatic N) is 1. The molecule has 2 aromatic rings. The first kappa shape index (κ1) is 12.0. The molecule has 1 heterocycles. The van der Waals surface area contributed by atoms with E-state index in [1.165, 1.54) is 12.3 Å². The summed E-state index contributed by atoms with van der Waals surface area (Å²) in [4.78, 5) is 3.93. The van der Waals surface area contributed by atoms with Crippen molar-refractivity contribution in [1.29, 1.82) is 0 Å². The summed E-state index contributed by atoms with van der Waals surface area (Å²) in [6.07, 6.45) is -3.35. The third kappa shape index (κ3) is 2.61. The Hall–Kier alpha value is -1.49. The van der Waals surface area contributed by atoms with E-state index in [1.807, 2.05) is 0 Å². The van der Waals surface area contributed by atoms with Crippen LogP contribution in [-0.2, 0) is 0 Å². The standard InChI is InChI=1S/C11H6ClF3NO/c1-6-4-7-2-3-8(17-11(13,14)15)9(12)10(7)16-5-6/h2-5H,1H2. The van der Waals surface area contributed by atoms with E-state index in [2.05, 4.69) is 16.6 Å². The van der Waals surface area contributed by atoms with Gasteiger partial charge in [0.25, 0.3) is 0 Å². The van der Waals surface area contributed by atoms with Crippen LogP contribution in [-0.4, -0.2) is 11.3 Å². The molecule has 0 atom stereocenters. The number of halogens is 4. The highest BCUT2D eigenvalue weighted by Gasteiger charge is 2.32. The highest BCUT2D eigenvalue weighted by molar-refractivity contribution is 6.36. The Morgan fingerprint density at radius 3 is 2.65 bits per heavy atom. The van der Waals surface area contributed by atoms with Crippen LogP contribution in [0.25, 0.3) is 10.9 Å². The first-order valence-electron chi connectivity index (χ1n) is 4.53. The number of fused-ring (bicyclic) bond motifs is 1. The molecule has 0 fully saturated rings. The molecule has 1 aromatic carbocycles. The summed E-state index contributed by atoms with van der Waals surface area (Å²) in [5.74, 6) is -0.462. The second-order valence-corrected chi connectivity index (χ2v) is 3.72. The molecule has 0 N–H and O–H groups in total. The van der Waals surface area contributed by atoms with E-state index in [1.54, 1.807) is 6.07 Å². The fourth-order valence-electron chi connectivity index (χ4n) is 1.40. The molecule has 1 aromatic heterocycles. The van der Waals surface area contributed by atoms with E-state index in [0.717, 1.165) is 6.07 Å². The maximum Gasteiger partial charge on any atom is 0.573 e. The molecule has 0 aliphatic heterocycles. The molecule has 0 bridgehead atoms. The maximum atomic E-state index is 12.1. The van der Waals surface area contributed by atoms with Crippen molar-refractivity contribution in [3.63, 3.8) is 0 Å². The van der Waals surface area contributed by atoms with Crippen LogP contribution in [0.1, 0.15) is 5.56 Å². The fourth-order valence-corrected chi connectivity index (χ4v) is 1.66. The third-order valence-electron chi connectivity index (χ3n) is 2.04. The molecule has 0 aliphatic carbocycles. The van der Waals surface area contributed by atoms with Crippen LogP contribution in [0.3, 0.4) is 0 Å². The molecule has 0 amide bonds. The second kappa shape index (κ2) is 4.07. The average molecular weight is 261 g/mol. The molecule has 1 radical (unpaired) electrons. The van der Waals surface area contributed by atoms with Gasteiger partial charge >= 0.3 is 6.36 Å². The van der Waals surface area contributed by atoms with Crippen LogP contribution >= 0.6 is 11.6 Å². The van der Waals surface area contributed by atoms with Crippen molar-refractivity contribution >= 4 is 22.5 Å². The Morgan fingerprint density at radius 1 is 1.29 bits per heavy atom. The lowest BCUT2D eigenvalue weighted by Gasteiger charge is -2.11. The Labute approximate surface area is 100.0 Å². The van der Waals surface area contributed by atoms with E-state index in [9.17, 15) is 13.2 Å². The summed E-state index contributed by atoms with van der Waals surface area (Å²) >= 11 is 5.79. The third-order valence-corrected chi connectivity index (χ3v) is 2.40. The van der Waals surface area contributed by atoms with Gasteiger partial charge in [-0.3, -0.25) is 4.98 Å². The van der Waals surface area contributed by atoms with Crippen LogP contribution in [0.4, 0.5) is 13.2 Å². The molecule has 2 nitrogen and oxygen atoms in total. The van der Waals surface area contributed by atoms with Crippen LogP contribution in [0.2, 0.25) is 5.02 Å². The molecule has 0 spiro atoms. The summed E-state index contributed by atoms with van der Waals surface area (Å²) < 4.78 is 40.0. The van der Waals surface area contributed by atoms with E-state index in [-0.39, 0.29) is 10.5 Å². The van der Waals surface area contributed by atoms with Crippen LogP contribution in [0.5, 0.6) is 5.75 Å². The quantitative estimate of drug-likeness (QED) is 0.774. The second-order valence-electron chi connectivity index (χ2n) is 3.34. The number of benzene rings is 1. The van der Waals surface area contributed by atoms with Gasteiger partial charge in [0.2, 0.25) is 0 Å². The van der Waals surface area contributed by atoms with Gasteiger partial charge in [0.15, 0.2) is 0 Å². The van der Waals surface area contributed by atoms with Crippen molar-refractivity contribution < 1.29 is 17.9 Å². The maximum absolute atomic E-state index is 12.1. The lowest BCUT2D eigenvalue weighted by molar-refractivity contribution is -0.274. The molecule has 17 heavy (non-hydrogen) atoms. The van der Waals surface area contributed by atoms with E-state index in [4.69, 9.17) is 11.6 Å². The van der Waals surface area contributed by atoms with Crippen molar-refractivity contribution in [2.24, 2.45) is 0 Å². The normalized spacial score (nSPS) is 11.8. The first-order chi connectivity index (χ1) is 7.87. The van der Waals surface area contributed by atoms with Gasteiger partial charge in [-0.1, -0.05) is 11.6 Å². The monoisotopic (exact) mass is 260 g/mol. The van der Waals surface area contributed by atoms with Crippen molar-refractivity contribution in [3.05, 3.63) is 41.9 Å². The van der Waals surface area contributed by atoms with Gasteiger partial charge in [0.05, 0.1) is 5.52 Å². The summed E-state index contributed by atoms with van der Waals surface area (Å²) in [6.45, 7) is 3.67. The minimum atomic E-state index is -4.77. The van der Waals surface area contributed by atoms with Gasteiger partial charge in [-0.25, -0.2) is 0 Å². The lowest BCUT2D eigenvalue weighted by Crippen LogP contribution is -2.17. The molecule has 0 aliphatic rings. The van der Waals surface area contributed by atoms with Gasteiger partial charge in [-0.15, -0.1) is 13.2 Å². The van der Waals surface area contributed by atoms with Crippen molar-refractivity contribution in [1.82, 2.24) is 4.98 Å². The summed E-state index contributed by atoms with van der Waals surface area (Å²) in [7, 11) is 0. The predicted molar refractivity (Wildman–Crippen MR) is 57.9 cm³/mol. The number of alkyl halides is 3. The highest BCUT2D eigenvalue weighted by Crippen LogP contribution is 2.34. The molecule has 0 saturated heterocycles. The number of pyridine rings is 1. The molecule has 89 valence electrons. The Bertz CT molecular complexity index is 568. The molecule has 0 unspecified atom stereocenters. The molecule has 6 heteroatoms. The highest BCUT2D eigenvalue weighted by atomic mass is 35.5. The smallest absolute Gasteiger partial charge is 0.404 e. The van der Waals surface area contributed by atoms with Gasteiger partial charge < -0.3 is 4.74 Å². The first-order valence-corrected chi connectivity index (χ1v) is 4.90. The molecule has 2 rings (SSSR count). The predicted octanol–water partition coefficient (Wildman–Crippen LogP) is 3.97. The number of rotatable bonds is 1. The molecular weight excluding hydrogens is 255 g/mol. The SMILES string of the molecule is [CH2]c1cnc2c(Cl)c(OC(F)(F)F)ccc2c1. The minimum Gasteiger partial charge on any atom is -0.404 e. The van der Waals surface area contributed by atoms with Gasteiger partial charge in [0, 0.05) is 11.6 Å². The van der Waals surface area contributed by atoms with Gasteiger partial charge in [-0.05, 0) is 30.7 Å². The Kier molecular flexibility index (Phi) is 2.87. The van der Waals surface area contributed by atoms with Crippen LogP contribution in [0, 0.1) is 6.92 Å². The summed E-state index contributed by atoms with van der Waals surface area (Å²) in [5, 5.41) is 0.442. The minimum absolute atomic E-state index is 0.167. The van der Waals surface area contributed by atoms with Crippen LogP contribution in [0.15, 0.2) is 24.4 Å². The topological polar surface area (TPSA) is 22.1 Å². The lowest BCUT2D eigenvalue weighted by atomic mass is 10.1. The molecular formula is C11H6ClF3NO. The average Bonchev–Trinajstić information content (AvgIpc) is 2.20. The van der Waals surface area contributed by atoms with E-state index >= 15 is 0 Å². The Morgan fingerprint density at radius 2 is 2.00 bits per heavy atom. The number of hydrogen-bond donors (Lipinski definition) is 0. The zero-order valence-electron chi connectivity index (χ0n) is 8.38. The Balaban J connectivity index is 2.54. The number of ether oxygens (including phenoxy) is 1. The molecule has 0 saturated carbocycles. The van der Waals surface area contributed by atoms with Crippen molar-refractivity contribution in [2.75, 3.05) is 0 Å². The summed E-state index contributed by atoms with van der Waals surface area (Å²) in [6, 6.07) is 4.27. The van der Waals surface area contributed by atoms with Crippen molar-refractivity contribution in [3.8, 4) is 5.75 Å². The number of aromatic nitrogens is 1. The van der Waals surface area contributed by atoms with E-state index < -0.39 is 12.1 Å². The van der Waals surface area contributed by atoms with Gasteiger partial charge in [0.1, 0.15) is 10.8 Å². The summed E-state index contributed by atoms with van der Waals surface area (Å²) in [5.41, 5.74) is 0.902. The largest absolute Gasteiger partial charge is 0.573 e. The fraction of sp³-hybridized carbons (Fsp3) is 0.0909. The van der Waals surface area contributed by atoms with Crippen LogP contribution < -0.4 is 4.74 Å². The van der Waals surface area contributed by atoms with Gasteiger partial charge in [-0.2, -0.15) is 0 Å². The zero-order valence-corrected chi connectivity index (χ0v) is 9.14. The van der Waals surface area contributed by atoms with Crippen molar-refractivity contribution in [2.45, 2.75) is 6.36 Å². The zero-order chi connectivity index (χ0) is 12.6.